The standard InChI is InChI=1S/C16H21NO2/c1-11(17)15(18)12-5-6-14-13(9-12)10-16(19-14)7-3-2-4-8-16/h5-6,9,11H,2-4,7-8,10,17H2,1H3. The number of ether oxygens (including phenoxy) is 1. The van der Waals surface area contributed by atoms with Crippen molar-refractivity contribution < 1.29 is 9.53 Å². The van der Waals surface area contributed by atoms with Crippen molar-refractivity contribution in [3.8, 4) is 5.75 Å². The van der Waals surface area contributed by atoms with E-state index < -0.39 is 6.04 Å². The highest BCUT2D eigenvalue weighted by Gasteiger charge is 2.40. The van der Waals surface area contributed by atoms with Crippen molar-refractivity contribution in [2.45, 2.75) is 57.1 Å². The lowest BCUT2D eigenvalue weighted by atomic mass is 9.82. The van der Waals surface area contributed by atoms with E-state index in [0.29, 0.717) is 5.56 Å². The second kappa shape index (κ2) is 4.64. The average molecular weight is 259 g/mol. The molecule has 3 rings (SSSR count). The predicted molar refractivity (Wildman–Crippen MR) is 74.6 cm³/mol. The number of benzene rings is 1. The molecule has 1 fully saturated rings. The largest absolute Gasteiger partial charge is 0.487 e. The smallest absolute Gasteiger partial charge is 0.179 e. The third kappa shape index (κ3) is 2.27. The summed E-state index contributed by atoms with van der Waals surface area (Å²) in [5.74, 6) is 0.968. The quantitative estimate of drug-likeness (QED) is 0.831. The van der Waals surface area contributed by atoms with Crippen molar-refractivity contribution in [3.63, 3.8) is 0 Å². The van der Waals surface area contributed by atoms with Gasteiger partial charge >= 0.3 is 0 Å². The second-order valence-corrected chi connectivity index (χ2v) is 6.00. The van der Waals surface area contributed by atoms with Crippen LogP contribution in [0, 0.1) is 0 Å². The first-order valence-corrected chi connectivity index (χ1v) is 7.21. The molecule has 1 aromatic carbocycles. The van der Waals surface area contributed by atoms with Gasteiger partial charge in [0, 0.05) is 12.0 Å². The van der Waals surface area contributed by atoms with E-state index in [1.165, 1.54) is 24.8 Å². The van der Waals surface area contributed by atoms with E-state index in [4.69, 9.17) is 10.5 Å². The van der Waals surface area contributed by atoms with Crippen molar-refractivity contribution in [2.24, 2.45) is 5.73 Å². The van der Waals surface area contributed by atoms with Gasteiger partial charge in [-0.3, -0.25) is 4.79 Å². The first-order chi connectivity index (χ1) is 9.10. The van der Waals surface area contributed by atoms with Crippen LogP contribution in [-0.4, -0.2) is 17.4 Å². The highest BCUT2D eigenvalue weighted by molar-refractivity contribution is 6.00. The van der Waals surface area contributed by atoms with Crippen LogP contribution in [0.3, 0.4) is 0 Å². The van der Waals surface area contributed by atoms with Crippen LogP contribution in [0.1, 0.15) is 54.9 Å². The molecule has 1 aliphatic carbocycles. The Bertz CT molecular complexity index is 501. The van der Waals surface area contributed by atoms with Crippen molar-refractivity contribution in [1.29, 1.82) is 0 Å². The molecule has 0 aromatic heterocycles. The van der Waals surface area contributed by atoms with Crippen LogP contribution in [0.15, 0.2) is 18.2 Å². The van der Waals surface area contributed by atoms with Gasteiger partial charge in [-0.1, -0.05) is 6.42 Å². The Balaban J connectivity index is 1.85. The van der Waals surface area contributed by atoms with Gasteiger partial charge in [0.2, 0.25) is 0 Å². The topological polar surface area (TPSA) is 52.3 Å². The van der Waals surface area contributed by atoms with Crippen LogP contribution in [0.4, 0.5) is 0 Å². The first kappa shape index (κ1) is 12.7. The third-order valence-corrected chi connectivity index (χ3v) is 4.36. The molecule has 1 saturated carbocycles. The van der Waals surface area contributed by atoms with Crippen LogP contribution in [-0.2, 0) is 6.42 Å². The molecule has 0 radical (unpaired) electrons. The Morgan fingerprint density at radius 2 is 2.05 bits per heavy atom. The van der Waals surface area contributed by atoms with Gasteiger partial charge in [0.05, 0.1) is 6.04 Å². The van der Waals surface area contributed by atoms with Gasteiger partial charge in [-0.25, -0.2) is 0 Å². The molecule has 2 N–H and O–H groups in total. The van der Waals surface area contributed by atoms with Crippen LogP contribution >= 0.6 is 0 Å². The van der Waals surface area contributed by atoms with E-state index in [2.05, 4.69) is 0 Å². The number of hydrogen-bond donors (Lipinski definition) is 1. The Morgan fingerprint density at radius 3 is 2.74 bits per heavy atom. The maximum Gasteiger partial charge on any atom is 0.179 e. The van der Waals surface area contributed by atoms with Crippen molar-refractivity contribution >= 4 is 5.78 Å². The van der Waals surface area contributed by atoms with E-state index in [-0.39, 0.29) is 11.4 Å². The van der Waals surface area contributed by atoms with Gasteiger partial charge in [0.15, 0.2) is 5.78 Å². The minimum Gasteiger partial charge on any atom is -0.487 e. The second-order valence-electron chi connectivity index (χ2n) is 6.00. The summed E-state index contributed by atoms with van der Waals surface area (Å²) in [6.45, 7) is 1.73. The number of ketones is 1. The highest BCUT2D eigenvalue weighted by atomic mass is 16.5. The fourth-order valence-electron chi connectivity index (χ4n) is 3.32. The summed E-state index contributed by atoms with van der Waals surface area (Å²) in [4.78, 5) is 11.9. The molecule has 3 heteroatoms. The summed E-state index contributed by atoms with van der Waals surface area (Å²) in [7, 11) is 0. The molecule has 3 nitrogen and oxygen atoms in total. The summed E-state index contributed by atoms with van der Waals surface area (Å²) in [5, 5.41) is 0. The number of rotatable bonds is 2. The predicted octanol–water partition coefficient (Wildman–Crippen LogP) is 2.85. The fraction of sp³-hybridized carbons (Fsp3) is 0.562. The maximum absolute atomic E-state index is 11.9. The lowest BCUT2D eigenvalue weighted by Gasteiger charge is -2.32. The SMILES string of the molecule is CC(N)C(=O)c1ccc2c(c1)CC1(CCCCC1)O2. The zero-order chi connectivity index (χ0) is 13.5. The number of hydrogen-bond acceptors (Lipinski definition) is 3. The van der Waals surface area contributed by atoms with Crippen molar-refractivity contribution in [1.82, 2.24) is 0 Å². The van der Waals surface area contributed by atoms with Gasteiger partial charge < -0.3 is 10.5 Å². The molecule has 102 valence electrons. The van der Waals surface area contributed by atoms with E-state index in [0.717, 1.165) is 25.0 Å². The van der Waals surface area contributed by atoms with Crippen LogP contribution in [0.25, 0.3) is 0 Å². The van der Waals surface area contributed by atoms with Gasteiger partial charge in [0.1, 0.15) is 11.4 Å². The number of carbonyl (C=O) groups excluding carboxylic acids is 1. The third-order valence-electron chi connectivity index (χ3n) is 4.36. The van der Waals surface area contributed by atoms with Gasteiger partial charge in [-0.2, -0.15) is 0 Å². The maximum atomic E-state index is 11.9. The van der Waals surface area contributed by atoms with E-state index >= 15 is 0 Å². The Kier molecular flexibility index (Phi) is 3.09. The molecule has 1 aromatic rings. The van der Waals surface area contributed by atoms with Gasteiger partial charge in [0.25, 0.3) is 0 Å². The normalized spacial score (nSPS) is 21.8. The molecule has 0 saturated heterocycles. The van der Waals surface area contributed by atoms with Crippen molar-refractivity contribution in [3.05, 3.63) is 29.3 Å². The van der Waals surface area contributed by atoms with E-state index in [9.17, 15) is 4.79 Å². The zero-order valence-corrected chi connectivity index (χ0v) is 11.4. The molecular formula is C16H21NO2. The molecule has 1 aliphatic heterocycles. The molecule has 0 bridgehead atoms. The molecule has 1 heterocycles. The minimum absolute atomic E-state index is 0.00685. The van der Waals surface area contributed by atoms with Crippen LogP contribution in [0.2, 0.25) is 0 Å². The van der Waals surface area contributed by atoms with Gasteiger partial charge in [-0.05, 0) is 56.4 Å². The number of fused-ring (bicyclic) bond motifs is 1. The van der Waals surface area contributed by atoms with Crippen molar-refractivity contribution in [2.75, 3.05) is 0 Å². The molecule has 1 spiro atoms. The number of Topliss-reactive ketones (excluding diaryl/α,β-unsaturated/α-hetero) is 1. The highest BCUT2D eigenvalue weighted by Crippen LogP contribution is 2.43. The van der Waals surface area contributed by atoms with E-state index in [1.54, 1.807) is 6.92 Å². The lowest BCUT2D eigenvalue weighted by molar-refractivity contribution is 0.0529. The molecule has 19 heavy (non-hydrogen) atoms. The molecule has 1 atom stereocenters. The Hall–Kier alpha value is -1.35. The van der Waals surface area contributed by atoms with Crippen LogP contribution in [0.5, 0.6) is 5.75 Å². The summed E-state index contributed by atoms with van der Waals surface area (Å²) < 4.78 is 6.19. The minimum atomic E-state index is -0.441. The Morgan fingerprint density at radius 1 is 1.32 bits per heavy atom. The lowest BCUT2D eigenvalue weighted by Crippen LogP contribution is -2.36. The monoisotopic (exact) mass is 259 g/mol. The molecule has 2 aliphatic rings. The fourth-order valence-corrected chi connectivity index (χ4v) is 3.32. The van der Waals surface area contributed by atoms with Crippen LogP contribution < -0.4 is 10.5 Å². The summed E-state index contributed by atoms with van der Waals surface area (Å²) in [6, 6.07) is 5.31. The summed E-state index contributed by atoms with van der Waals surface area (Å²) in [5.41, 5.74) is 7.57. The summed E-state index contributed by atoms with van der Waals surface area (Å²) >= 11 is 0. The molecule has 1 unspecified atom stereocenters. The first-order valence-electron chi connectivity index (χ1n) is 7.21. The molecule has 0 amide bonds. The Labute approximate surface area is 114 Å². The van der Waals surface area contributed by atoms with Gasteiger partial charge in [-0.15, -0.1) is 0 Å². The average Bonchev–Trinajstić information content (AvgIpc) is 2.74. The van der Waals surface area contributed by atoms with E-state index in [1.807, 2.05) is 18.2 Å². The number of carbonyl (C=O) groups is 1. The molecular weight excluding hydrogens is 238 g/mol. The zero-order valence-electron chi connectivity index (χ0n) is 11.4. The number of nitrogens with two attached hydrogens (primary N) is 1. The summed E-state index contributed by atoms with van der Waals surface area (Å²) in [6.07, 6.45) is 7.04.